The second-order valence-corrected chi connectivity index (χ2v) is 10.6. The number of hydrogen-bond donors (Lipinski definition) is 2. The summed E-state index contributed by atoms with van der Waals surface area (Å²) in [6.07, 6.45) is 0.645. The SMILES string of the molecule is CC.COc1ccc(Oc2ccc(C)cc2[C@H]2NC(=O)CC[C@]23C(=O)Nc2cc(Cl)ccc23)cc1.Clc1ccccc1. The number of benzene rings is 4. The molecule has 2 N–H and O–H groups in total. The molecule has 6 rings (SSSR count). The third kappa shape index (κ3) is 6.56. The van der Waals surface area contributed by atoms with Crippen LogP contribution in [0.4, 0.5) is 5.69 Å². The minimum Gasteiger partial charge on any atom is -0.497 e. The van der Waals surface area contributed by atoms with Crippen molar-refractivity contribution >= 4 is 40.7 Å². The molecular formula is C34H34Cl2N2O4. The number of nitrogens with one attached hydrogen (secondary N) is 2. The lowest BCUT2D eigenvalue weighted by molar-refractivity contribution is -0.130. The van der Waals surface area contributed by atoms with Crippen LogP contribution in [-0.4, -0.2) is 18.9 Å². The smallest absolute Gasteiger partial charge is 0.237 e. The van der Waals surface area contributed by atoms with Crippen molar-refractivity contribution in [3.05, 3.63) is 118 Å². The summed E-state index contributed by atoms with van der Waals surface area (Å²) in [6.45, 7) is 5.97. The Kier molecular flexibility index (Phi) is 10.2. The average Bonchev–Trinajstić information content (AvgIpc) is 3.27. The standard InChI is InChI=1S/C26H23ClN2O4.C6H5Cl.C2H6/c1-15-3-10-22(33-18-7-5-17(32-2)6-8-18)19(13-15)24-26(12-11-23(30)29-24)20-9-4-16(27)14-21(20)28-25(26)31;7-6-4-2-1-3-5-6;1-2/h3-10,13-14,24H,11-12H2,1-2H3,(H,28,31)(H,29,30);1-5H;1-2H3/t24-,26-;;/m1../s1. The van der Waals surface area contributed by atoms with Gasteiger partial charge in [0.2, 0.25) is 11.8 Å². The van der Waals surface area contributed by atoms with Crippen molar-refractivity contribution in [1.82, 2.24) is 5.32 Å². The lowest BCUT2D eigenvalue weighted by atomic mass is 9.67. The zero-order valence-corrected chi connectivity index (χ0v) is 25.6. The Morgan fingerprint density at radius 3 is 2.17 bits per heavy atom. The first kappa shape index (κ1) is 30.9. The zero-order chi connectivity index (χ0) is 30.3. The predicted molar refractivity (Wildman–Crippen MR) is 169 cm³/mol. The van der Waals surface area contributed by atoms with Crippen LogP contribution in [0.15, 0.2) is 91.0 Å². The van der Waals surface area contributed by atoms with Gasteiger partial charge in [0.25, 0.3) is 0 Å². The van der Waals surface area contributed by atoms with E-state index in [1.807, 2.05) is 99.6 Å². The third-order valence-electron chi connectivity index (χ3n) is 7.16. The van der Waals surface area contributed by atoms with Crippen LogP contribution >= 0.6 is 23.2 Å². The number of aryl methyl sites for hydroxylation is 1. The Morgan fingerprint density at radius 2 is 1.52 bits per heavy atom. The number of fused-ring (bicyclic) bond motifs is 2. The fourth-order valence-electron chi connectivity index (χ4n) is 5.23. The van der Waals surface area contributed by atoms with Crippen molar-refractivity contribution in [2.75, 3.05) is 12.4 Å². The van der Waals surface area contributed by atoms with Crippen LogP contribution in [0.1, 0.15) is 49.4 Å². The highest BCUT2D eigenvalue weighted by atomic mass is 35.5. The first-order chi connectivity index (χ1) is 20.3. The first-order valence-electron chi connectivity index (χ1n) is 13.8. The summed E-state index contributed by atoms with van der Waals surface area (Å²) in [5, 5.41) is 7.41. The van der Waals surface area contributed by atoms with E-state index in [1.54, 1.807) is 19.2 Å². The maximum absolute atomic E-state index is 13.5. The number of anilines is 1. The van der Waals surface area contributed by atoms with E-state index >= 15 is 0 Å². The minimum atomic E-state index is -0.959. The monoisotopic (exact) mass is 604 g/mol. The van der Waals surface area contributed by atoms with Crippen molar-refractivity contribution in [2.24, 2.45) is 0 Å². The summed E-state index contributed by atoms with van der Waals surface area (Å²) in [5.74, 6) is 1.68. The summed E-state index contributed by atoms with van der Waals surface area (Å²) in [7, 11) is 1.61. The van der Waals surface area contributed by atoms with Gasteiger partial charge in [0.05, 0.1) is 13.2 Å². The molecule has 1 saturated heterocycles. The lowest BCUT2D eigenvalue weighted by Crippen LogP contribution is -2.52. The molecule has 1 fully saturated rings. The molecule has 0 aliphatic carbocycles. The van der Waals surface area contributed by atoms with E-state index in [1.165, 1.54) is 0 Å². The molecule has 4 aromatic carbocycles. The summed E-state index contributed by atoms with van der Waals surface area (Å²) in [4.78, 5) is 26.0. The number of carbonyl (C=O) groups is 2. The summed E-state index contributed by atoms with van der Waals surface area (Å²) >= 11 is 11.7. The highest BCUT2D eigenvalue weighted by Gasteiger charge is 2.56. The van der Waals surface area contributed by atoms with E-state index in [9.17, 15) is 9.59 Å². The molecule has 0 unspecified atom stereocenters. The minimum absolute atomic E-state index is 0.0993. The van der Waals surface area contributed by atoms with E-state index in [4.69, 9.17) is 32.7 Å². The fraction of sp³-hybridized carbons (Fsp3) is 0.235. The Morgan fingerprint density at radius 1 is 0.833 bits per heavy atom. The highest BCUT2D eigenvalue weighted by molar-refractivity contribution is 6.31. The van der Waals surface area contributed by atoms with Gasteiger partial charge in [0.15, 0.2) is 0 Å². The number of methoxy groups -OCH3 is 1. The molecule has 0 aromatic heterocycles. The summed E-state index contributed by atoms with van der Waals surface area (Å²) in [5.41, 5.74) is 2.30. The normalized spacial score (nSPS) is 18.4. The van der Waals surface area contributed by atoms with Gasteiger partial charge in [-0.05, 0) is 73.5 Å². The number of carbonyl (C=O) groups excluding carboxylic acids is 2. The molecule has 42 heavy (non-hydrogen) atoms. The van der Waals surface area contributed by atoms with E-state index in [0.29, 0.717) is 28.6 Å². The van der Waals surface area contributed by atoms with Crippen molar-refractivity contribution in [3.8, 4) is 17.2 Å². The molecule has 2 aliphatic rings. The lowest BCUT2D eigenvalue weighted by Gasteiger charge is -2.41. The number of amides is 2. The number of rotatable bonds is 4. The topological polar surface area (TPSA) is 76.7 Å². The Balaban J connectivity index is 0.000000390. The number of ether oxygens (including phenoxy) is 2. The second kappa shape index (κ2) is 13.8. The molecule has 2 aliphatic heterocycles. The Bertz CT molecular complexity index is 1540. The van der Waals surface area contributed by atoms with Gasteiger partial charge >= 0.3 is 0 Å². The number of hydrogen-bond acceptors (Lipinski definition) is 4. The van der Waals surface area contributed by atoms with E-state index < -0.39 is 11.5 Å². The van der Waals surface area contributed by atoms with Crippen LogP contribution in [0.2, 0.25) is 10.0 Å². The van der Waals surface area contributed by atoms with Gasteiger partial charge in [0.1, 0.15) is 22.7 Å². The van der Waals surface area contributed by atoms with Crippen molar-refractivity contribution in [2.45, 2.75) is 45.1 Å². The van der Waals surface area contributed by atoms with Crippen molar-refractivity contribution in [1.29, 1.82) is 0 Å². The molecule has 218 valence electrons. The molecule has 4 aromatic rings. The van der Waals surface area contributed by atoms with Crippen LogP contribution < -0.4 is 20.1 Å². The second-order valence-electron chi connectivity index (χ2n) is 9.73. The van der Waals surface area contributed by atoms with Crippen LogP contribution in [0.5, 0.6) is 17.2 Å². The molecule has 0 saturated carbocycles. The van der Waals surface area contributed by atoms with E-state index in [2.05, 4.69) is 10.6 Å². The number of piperidine rings is 1. The van der Waals surface area contributed by atoms with Crippen LogP contribution in [-0.2, 0) is 15.0 Å². The Hall–Kier alpha value is -4.00. The van der Waals surface area contributed by atoms with Gasteiger partial charge in [-0.2, -0.15) is 0 Å². The molecule has 2 amide bonds. The molecule has 1 spiro atoms. The zero-order valence-electron chi connectivity index (χ0n) is 24.0. The average molecular weight is 606 g/mol. The molecule has 8 heteroatoms. The van der Waals surface area contributed by atoms with Crippen LogP contribution in [0.25, 0.3) is 0 Å². The molecule has 0 bridgehead atoms. The molecule has 2 heterocycles. The summed E-state index contributed by atoms with van der Waals surface area (Å²) < 4.78 is 11.5. The van der Waals surface area contributed by atoms with Gasteiger partial charge in [0, 0.05) is 27.7 Å². The largest absolute Gasteiger partial charge is 0.497 e. The van der Waals surface area contributed by atoms with Crippen molar-refractivity contribution in [3.63, 3.8) is 0 Å². The van der Waals surface area contributed by atoms with Gasteiger partial charge in [-0.15, -0.1) is 0 Å². The maximum Gasteiger partial charge on any atom is 0.237 e. The van der Waals surface area contributed by atoms with Crippen LogP contribution in [0.3, 0.4) is 0 Å². The predicted octanol–water partition coefficient (Wildman–Crippen LogP) is 8.66. The van der Waals surface area contributed by atoms with E-state index in [-0.39, 0.29) is 18.2 Å². The van der Waals surface area contributed by atoms with E-state index in [0.717, 1.165) is 27.5 Å². The quantitative estimate of drug-likeness (QED) is 0.244. The first-order valence-corrected chi connectivity index (χ1v) is 14.6. The van der Waals surface area contributed by atoms with Crippen LogP contribution in [0, 0.1) is 6.92 Å². The van der Waals surface area contributed by atoms with Gasteiger partial charge in [-0.1, -0.05) is 79.0 Å². The maximum atomic E-state index is 13.5. The molecular weight excluding hydrogens is 571 g/mol. The highest BCUT2D eigenvalue weighted by Crippen LogP contribution is 2.53. The van der Waals surface area contributed by atoms with Gasteiger partial charge < -0.3 is 20.1 Å². The molecule has 6 nitrogen and oxygen atoms in total. The molecule has 0 radical (unpaired) electrons. The summed E-state index contributed by atoms with van der Waals surface area (Å²) in [6, 6.07) is 27.3. The number of halogens is 2. The van der Waals surface area contributed by atoms with Crippen molar-refractivity contribution < 1.29 is 19.1 Å². The van der Waals surface area contributed by atoms with Gasteiger partial charge in [-0.3, -0.25) is 9.59 Å². The Labute approximate surface area is 257 Å². The third-order valence-corrected chi connectivity index (χ3v) is 7.64. The van der Waals surface area contributed by atoms with Gasteiger partial charge in [-0.25, -0.2) is 0 Å². The fourth-order valence-corrected chi connectivity index (χ4v) is 5.54. The molecule has 2 atom stereocenters.